The molecule has 2 aliphatic carbocycles. The van der Waals surface area contributed by atoms with Crippen molar-refractivity contribution < 1.29 is 29.0 Å². The van der Waals surface area contributed by atoms with Crippen LogP contribution in [-0.2, 0) is 19.1 Å². The second-order valence-corrected chi connectivity index (χ2v) is 9.16. The number of likely N-dealkylation sites (N-methyl/N-ethyl adjacent to an activating group) is 1. The second-order valence-electron chi connectivity index (χ2n) is 9.16. The molecule has 0 saturated heterocycles. The Morgan fingerprint density at radius 2 is 1.60 bits per heavy atom. The summed E-state index contributed by atoms with van der Waals surface area (Å²) in [4.78, 5) is 37.9. The molecule has 2 aliphatic rings. The first-order valence-electron chi connectivity index (χ1n) is 12.1. The van der Waals surface area contributed by atoms with Gasteiger partial charge in [0.2, 0.25) is 5.91 Å². The van der Waals surface area contributed by atoms with Gasteiger partial charge in [0, 0.05) is 19.5 Å². The molecule has 8 heteroatoms. The summed E-state index contributed by atoms with van der Waals surface area (Å²) in [6, 6.07) is 16.3. The van der Waals surface area contributed by atoms with Crippen LogP contribution in [0.3, 0.4) is 0 Å². The summed E-state index contributed by atoms with van der Waals surface area (Å²) in [6.07, 6.45) is 2.91. The molecule has 0 spiro atoms. The first kappa shape index (κ1) is 24.7. The van der Waals surface area contributed by atoms with Gasteiger partial charge in [-0.05, 0) is 35.1 Å². The molecule has 2 amide bonds. The zero-order valence-corrected chi connectivity index (χ0v) is 20.0. The van der Waals surface area contributed by atoms with Crippen molar-refractivity contribution in [2.75, 3.05) is 33.4 Å². The van der Waals surface area contributed by atoms with E-state index < -0.39 is 17.6 Å². The van der Waals surface area contributed by atoms with Gasteiger partial charge in [-0.2, -0.15) is 0 Å². The number of carbonyl (C=O) groups is 3. The Morgan fingerprint density at radius 1 is 1.00 bits per heavy atom. The Balaban J connectivity index is 1.19. The maximum absolute atomic E-state index is 12.5. The number of alkyl carbamates (subject to hydrolysis) is 1. The minimum absolute atomic E-state index is 0.0149. The summed E-state index contributed by atoms with van der Waals surface area (Å²) in [5, 5.41) is 12.4. The number of fused-ring (bicyclic) bond motifs is 3. The molecule has 0 heterocycles. The predicted octanol–water partition coefficient (Wildman–Crippen LogP) is 3.79. The van der Waals surface area contributed by atoms with E-state index in [2.05, 4.69) is 29.6 Å². The molecule has 1 saturated carbocycles. The number of carbonyl (C=O) groups excluding carboxylic acids is 2. The lowest BCUT2D eigenvalue weighted by molar-refractivity contribution is -0.162. The van der Waals surface area contributed by atoms with Crippen LogP contribution in [-0.4, -0.2) is 66.9 Å². The first-order valence-corrected chi connectivity index (χ1v) is 12.1. The fraction of sp³-hybridized carbons (Fsp3) is 0.444. The van der Waals surface area contributed by atoms with Gasteiger partial charge in [-0.25, -0.2) is 9.59 Å². The largest absolute Gasteiger partial charge is 0.479 e. The zero-order valence-electron chi connectivity index (χ0n) is 20.0. The van der Waals surface area contributed by atoms with E-state index in [1.54, 1.807) is 0 Å². The molecular formula is C27H32N2O6. The van der Waals surface area contributed by atoms with Crippen LogP contribution in [0, 0.1) is 0 Å². The molecule has 0 unspecified atom stereocenters. The van der Waals surface area contributed by atoms with E-state index in [1.807, 2.05) is 24.3 Å². The molecule has 0 bridgehead atoms. The molecular weight excluding hydrogens is 448 g/mol. The number of carboxylic acids is 1. The average molecular weight is 481 g/mol. The van der Waals surface area contributed by atoms with E-state index in [9.17, 15) is 19.5 Å². The van der Waals surface area contributed by atoms with Gasteiger partial charge in [0.15, 0.2) is 0 Å². The Bertz CT molecular complexity index is 1030. The second kappa shape index (κ2) is 10.9. The summed E-state index contributed by atoms with van der Waals surface area (Å²) in [6.45, 7) is 0.279. The van der Waals surface area contributed by atoms with Crippen LogP contribution in [0.1, 0.15) is 49.1 Å². The quantitative estimate of drug-likeness (QED) is 0.529. The van der Waals surface area contributed by atoms with Gasteiger partial charge in [-0.15, -0.1) is 0 Å². The fourth-order valence-electron chi connectivity index (χ4n) is 5.20. The lowest BCUT2D eigenvalue weighted by Gasteiger charge is -2.40. The SMILES string of the molecule is CN(C(=O)COCCNC(=O)OCC1c2ccccc2-c2ccccc21)C1(C(=O)O)CCCCC1. The van der Waals surface area contributed by atoms with Gasteiger partial charge >= 0.3 is 12.1 Å². The number of benzene rings is 2. The number of hydrogen-bond donors (Lipinski definition) is 2. The smallest absolute Gasteiger partial charge is 0.407 e. The predicted molar refractivity (Wildman–Crippen MR) is 130 cm³/mol. The lowest BCUT2D eigenvalue weighted by Crippen LogP contribution is -2.57. The molecule has 1 fully saturated rings. The Morgan fingerprint density at radius 3 is 2.20 bits per heavy atom. The van der Waals surface area contributed by atoms with Crippen molar-refractivity contribution in [3.63, 3.8) is 0 Å². The third-order valence-electron chi connectivity index (χ3n) is 7.18. The minimum atomic E-state index is -1.15. The molecule has 0 atom stereocenters. The third kappa shape index (κ3) is 5.17. The molecule has 2 aromatic carbocycles. The number of nitrogens with zero attached hydrogens (tertiary/aromatic N) is 1. The maximum atomic E-state index is 12.5. The molecule has 186 valence electrons. The normalized spacial score (nSPS) is 16.1. The van der Waals surface area contributed by atoms with E-state index >= 15 is 0 Å². The van der Waals surface area contributed by atoms with E-state index in [0.29, 0.717) is 12.8 Å². The Labute approximate surface area is 205 Å². The van der Waals surface area contributed by atoms with Gasteiger partial charge in [0.05, 0.1) is 6.61 Å². The van der Waals surface area contributed by atoms with Crippen molar-refractivity contribution in [3.05, 3.63) is 59.7 Å². The Hall–Kier alpha value is -3.39. The van der Waals surface area contributed by atoms with E-state index in [4.69, 9.17) is 9.47 Å². The van der Waals surface area contributed by atoms with Crippen molar-refractivity contribution in [2.45, 2.75) is 43.6 Å². The van der Waals surface area contributed by atoms with Crippen LogP contribution in [0.25, 0.3) is 11.1 Å². The number of nitrogens with one attached hydrogen (secondary N) is 1. The zero-order chi connectivity index (χ0) is 24.8. The summed E-state index contributed by atoms with van der Waals surface area (Å²) >= 11 is 0. The molecule has 35 heavy (non-hydrogen) atoms. The van der Waals surface area contributed by atoms with E-state index in [0.717, 1.165) is 41.5 Å². The van der Waals surface area contributed by atoms with Crippen molar-refractivity contribution in [3.8, 4) is 11.1 Å². The third-order valence-corrected chi connectivity index (χ3v) is 7.18. The number of ether oxygens (including phenoxy) is 2. The molecule has 0 aromatic heterocycles. The van der Waals surface area contributed by atoms with Gasteiger partial charge in [-0.1, -0.05) is 67.8 Å². The number of hydrogen-bond acceptors (Lipinski definition) is 5. The molecule has 4 rings (SSSR count). The first-order chi connectivity index (χ1) is 16.9. The Kier molecular flexibility index (Phi) is 7.70. The van der Waals surface area contributed by atoms with Gasteiger partial charge in [0.25, 0.3) is 0 Å². The monoisotopic (exact) mass is 480 g/mol. The van der Waals surface area contributed by atoms with Crippen molar-refractivity contribution in [1.82, 2.24) is 10.2 Å². The van der Waals surface area contributed by atoms with Gasteiger partial charge in [-0.3, -0.25) is 4.79 Å². The van der Waals surface area contributed by atoms with Crippen molar-refractivity contribution in [1.29, 1.82) is 0 Å². The minimum Gasteiger partial charge on any atom is -0.479 e. The van der Waals surface area contributed by atoms with Gasteiger partial charge < -0.3 is 24.8 Å². The van der Waals surface area contributed by atoms with Gasteiger partial charge in [0.1, 0.15) is 18.8 Å². The number of aliphatic carboxylic acids is 1. The number of carboxylic acid groups (broad SMARTS) is 1. The standard InChI is InChI=1S/C27H32N2O6/c1-29(27(25(31)32)13-7-2-8-14-27)24(30)18-34-16-15-28-26(33)35-17-23-21-11-5-3-9-19(21)20-10-4-6-12-22(20)23/h3-6,9-12,23H,2,7-8,13-18H2,1H3,(H,28,33)(H,31,32). The molecule has 0 aliphatic heterocycles. The molecule has 2 N–H and O–H groups in total. The van der Waals surface area contributed by atoms with Crippen molar-refractivity contribution >= 4 is 18.0 Å². The summed E-state index contributed by atoms with van der Waals surface area (Å²) in [5.41, 5.74) is 3.46. The summed E-state index contributed by atoms with van der Waals surface area (Å²) in [7, 11) is 1.53. The van der Waals surface area contributed by atoms with Crippen LogP contribution in [0.4, 0.5) is 4.79 Å². The number of amides is 2. The highest BCUT2D eigenvalue weighted by molar-refractivity contribution is 5.87. The van der Waals surface area contributed by atoms with Crippen molar-refractivity contribution in [2.24, 2.45) is 0 Å². The number of rotatable bonds is 9. The summed E-state index contributed by atoms with van der Waals surface area (Å²) < 4.78 is 10.9. The molecule has 0 radical (unpaired) electrons. The van der Waals surface area contributed by atoms with Crippen LogP contribution in [0.5, 0.6) is 0 Å². The average Bonchev–Trinajstić information content (AvgIpc) is 3.20. The molecule has 2 aromatic rings. The fourth-order valence-corrected chi connectivity index (χ4v) is 5.20. The topological polar surface area (TPSA) is 105 Å². The highest BCUT2D eigenvalue weighted by Crippen LogP contribution is 2.44. The summed E-state index contributed by atoms with van der Waals surface area (Å²) in [5.74, 6) is -1.36. The molecule has 8 nitrogen and oxygen atoms in total. The highest BCUT2D eigenvalue weighted by Gasteiger charge is 2.45. The maximum Gasteiger partial charge on any atom is 0.407 e. The van der Waals surface area contributed by atoms with E-state index in [-0.39, 0.29) is 38.2 Å². The van der Waals surface area contributed by atoms with Crippen LogP contribution in [0.15, 0.2) is 48.5 Å². The lowest BCUT2D eigenvalue weighted by atomic mass is 9.80. The highest BCUT2D eigenvalue weighted by atomic mass is 16.5. The van der Waals surface area contributed by atoms with E-state index in [1.165, 1.54) is 11.9 Å². The van der Waals surface area contributed by atoms with Crippen LogP contribution < -0.4 is 5.32 Å². The van der Waals surface area contributed by atoms with Crippen LogP contribution in [0.2, 0.25) is 0 Å². The van der Waals surface area contributed by atoms with Crippen LogP contribution >= 0.6 is 0 Å².